The largest absolute Gasteiger partial charge is 0.480 e. The number of halogens is 1. The minimum absolute atomic E-state index is 0.0394. The molecule has 1 fully saturated rings. The van der Waals surface area contributed by atoms with Gasteiger partial charge in [-0.3, -0.25) is 4.79 Å². The quantitative estimate of drug-likeness (QED) is 0.639. The number of carboxylic acids is 1. The van der Waals surface area contributed by atoms with Gasteiger partial charge in [-0.15, -0.1) is 0 Å². The molecular weight excluding hydrogens is 149 g/mol. The first-order chi connectivity index (χ1) is 5.03. The van der Waals surface area contributed by atoms with Crippen LogP contribution in [0, 0.1) is 0 Å². The molecule has 0 bridgehead atoms. The van der Waals surface area contributed by atoms with E-state index in [2.05, 4.69) is 0 Å². The Morgan fingerprint density at radius 1 is 1.73 bits per heavy atom. The highest BCUT2D eigenvalue weighted by Gasteiger charge is 2.39. The normalized spacial score (nSPS) is 23.8. The summed E-state index contributed by atoms with van der Waals surface area (Å²) >= 11 is 0. The van der Waals surface area contributed by atoms with Crippen LogP contribution in [0.4, 0.5) is 4.39 Å². The maximum absolute atomic E-state index is 13.2. The fourth-order valence-electron chi connectivity index (χ4n) is 1.25. The first-order valence-electron chi connectivity index (χ1n) is 3.71. The second-order valence-electron chi connectivity index (χ2n) is 3.15. The first kappa shape index (κ1) is 8.46. The highest BCUT2D eigenvalue weighted by atomic mass is 19.1. The number of carboxylic acid groups (broad SMARTS) is 1. The fraction of sp³-hybridized carbons (Fsp3) is 0.857. The molecule has 1 atom stereocenters. The van der Waals surface area contributed by atoms with Crippen molar-refractivity contribution in [2.75, 3.05) is 0 Å². The lowest BCUT2D eigenvalue weighted by Crippen LogP contribution is -2.42. The average Bonchev–Trinajstić information content (AvgIpc) is 1.84. The minimum atomic E-state index is -1.28. The summed E-state index contributed by atoms with van der Waals surface area (Å²) in [7, 11) is 0. The topological polar surface area (TPSA) is 63.3 Å². The molecule has 11 heavy (non-hydrogen) atoms. The monoisotopic (exact) mass is 161 g/mol. The van der Waals surface area contributed by atoms with Crippen molar-refractivity contribution in [1.29, 1.82) is 0 Å². The van der Waals surface area contributed by atoms with E-state index in [1.165, 1.54) is 0 Å². The minimum Gasteiger partial charge on any atom is -0.480 e. The van der Waals surface area contributed by atoms with Crippen LogP contribution < -0.4 is 5.73 Å². The third-order valence-corrected chi connectivity index (χ3v) is 2.15. The van der Waals surface area contributed by atoms with Crippen molar-refractivity contribution in [3.05, 3.63) is 0 Å². The molecule has 1 rings (SSSR count). The molecular formula is C7H12FNO2. The van der Waals surface area contributed by atoms with Gasteiger partial charge in [0.1, 0.15) is 11.7 Å². The Bertz CT molecular complexity index is 168. The molecule has 0 aromatic rings. The number of alkyl halides is 1. The van der Waals surface area contributed by atoms with Crippen LogP contribution in [-0.4, -0.2) is 22.8 Å². The molecule has 0 heterocycles. The molecule has 3 N–H and O–H groups in total. The van der Waals surface area contributed by atoms with E-state index in [4.69, 9.17) is 10.8 Å². The van der Waals surface area contributed by atoms with Crippen LogP contribution in [0.1, 0.15) is 25.7 Å². The van der Waals surface area contributed by atoms with E-state index < -0.39 is 17.7 Å². The van der Waals surface area contributed by atoms with E-state index in [0.29, 0.717) is 12.8 Å². The highest BCUT2D eigenvalue weighted by molar-refractivity contribution is 5.73. The van der Waals surface area contributed by atoms with Gasteiger partial charge in [-0.25, -0.2) is 4.39 Å². The summed E-state index contributed by atoms with van der Waals surface area (Å²) in [5, 5.41) is 8.37. The summed E-state index contributed by atoms with van der Waals surface area (Å²) in [6.07, 6.45) is 1.74. The second-order valence-corrected chi connectivity index (χ2v) is 3.15. The van der Waals surface area contributed by atoms with Gasteiger partial charge in [-0.2, -0.15) is 0 Å². The molecule has 1 saturated carbocycles. The molecule has 4 heteroatoms. The van der Waals surface area contributed by atoms with Crippen molar-refractivity contribution in [2.45, 2.75) is 37.4 Å². The van der Waals surface area contributed by atoms with Gasteiger partial charge in [0.15, 0.2) is 0 Å². The maximum atomic E-state index is 13.2. The number of aliphatic carboxylic acids is 1. The van der Waals surface area contributed by atoms with Crippen LogP contribution in [0.15, 0.2) is 0 Å². The fourth-order valence-corrected chi connectivity index (χ4v) is 1.25. The van der Waals surface area contributed by atoms with E-state index >= 15 is 0 Å². The van der Waals surface area contributed by atoms with Crippen molar-refractivity contribution in [2.24, 2.45) is 5.73 Å². The molecule has 0 aliphatic heterocycles. The summed E-state index contributed by atoms with van der Waals surface area (Å²) in [4.78, 5) is 10.2. The zero-order valence-electron chi connectivity index (χ0n) is 6.22. The number of hydrogen-bond donors (Lipinski definition) is 2. The van der Waals surface area contributed by atoms with Crippen LogP contribution in [0.3, 0.4) is 0 Å². The Morgan fingerprint density at radius 2 is 2.27 bits per heavy atom. The van der Waals surface area contributed by atoms with Gasteiger partial charge in [0.25, 0.3) is 0 Å². The van der Waals surface area contributed by atoms with Gasteiger partial charge in [0, 0.05) is 6.42 Å². The Morgan fingerprint density at radius 3 is 2.55 bits per heavy atom. The van der Waals surface area contributed by atoms with Crippen molar-refractivity contribution in [3.63, 3.8) is 0 Å². The Labute approximate surface area is 64.4 Å². The Kier molecular flexibility index (Phi) is 2.13. The van der Waals surface area contributed by atoms with Gasteiger partial charge in [-0.05, 0) is 19.3 Å². The standard InChI is InChI=1S/C7H12FNO2/c8-7(2-1-3-7)4-5(9)6(10)11/h5H,1-4,9H2,(H,10,11). The molecule has 0 spiro atoms. The average molecular weight is 161 g/mol. The predicted molar refractivity (Wildman–Crippen MR) is 37.9 cm³/mol. The summed E-state index contributed by atoms with van der Waals surface area (Å²) in [5.74, 6) is -1.12. The zero-order valence-corrected chi connectivity index (χ0v) is 6.22. The summed E-state index contributed by atoms with van der Waals surface area (Å²) in [5.41, 5.74) is 3.89. The van der Waals surface area contributed by atoms with Gasteiger partial charge in [-0.1, -0.05) is 0 Å². The lowest BCUT2D eigenvalue weighted by molar-refractivity contribution is -0.140. The molecule has 1 unspecified atom stereocenters. The van der Waals surface area contributed by atoms with Gasteiger partial charge in [0.05, 0.1) is 0 Å². The first-order valence-corrected chi connectivity index (χ1v) is 3.71. The van der Waals surface area contributed by atoms with Crippen LogP contribution in [0.5, 0.6) is 0 Å². The number of rotatable bonds is 3. The van der Waals surface area contributed by atoms with E-state index in [9.17, 15) is 9.18 Å². The van der Waals surface area contributed by atoms with Crippen LogP contribution in [0.2, 0.25) is 0 Å². The van der Waals surface area contributed by atoms with Crippen molar-refractivity contribution in [3.8, 4) is 0 Å². The smallest absolute Gasteiger partial charge is 0.320 e. The van der Waals surface area contributed by atoms with E-state index in [0.717, 1.165) is 6.42 Å². The maximum Gasteiger partial charge on any atom is 0.320 e. The number of hydrogen-bond acceptors (Lipinski definition) is 2. The molecule has 0 aromatic carbocycles. The lowest BCUT2D eigenvalue weighted by atomic mass is 9.78. The second kappa shape index (κ2) is 2.77. The third-order valence-electron chi connectivity index (χ3n) is 2.15. The summed E-state index contributed by atoms with van der Waals surface area (Å²) in [6, 6.07) is -1.04. The predicted octanol–water partition coefficient (Wildman–Crippen LogP) is 0.681. The molecule has 3 nitrogen and oxygen atoms in total. The number of carbonyl (C=O) groups is 1. The zero-order chi connectivity index (χ0) is 8.48. The van der Waals surface area contributed by atoms with Gasteiger partial charge in [0.2, 0.25) is 0 Å². The highest BCUT2D eigenvalue weighted by Crippen LogP contribution is 2.39. The molecule has 64 valence electrons. The van der Waals surface area contributed by atoms with E-state index in [1.54, 1.807) is 0 Å². The third kappa shape index (κ3) is 1.89. The molecule has 0 amide bonds. The van der Waals surface area contributed by atoms with Gasteiger partial charge < -0.3 is 10.8 Å². The van der Waals surface area contributed by atoms with Gasteiger partial charge >= 0.3 is 5.97 Å². The van der Waals surface area contributed by atoms with Crippen LogP contribution in [-0.2, 0) is 4.79 Å². The molecule has 0 aromatic heterocycles. The SMILES string of the molecule is NC(CC1(F)CCC1)C(=O)O. The summed E-state index contributed by atoms with van der Waals surface area (Å²) in [6.45, 7) is 0. The summed E-state index contributed by atoms with van der Waals surface area (Å²) < 4.78 is 13.2. The van der Waals surface area contributed by atoms with E-state index in [1.807, 2.05) is 0 Å². The lowest BCUT2D eigenvalue weighted by Gasteiger charge is -2.34. The molecule has 1 aliphatic rings. The van der Waals surface area contributed by atoms with Crippen LogP contribution in [0.25, 0.3) is 0 Å². The Hall–Kier alpha value is -0.640. The molecule has 0 radical (unpaired) electrons. The van der Waals surface area contributed by atoms with Crippen molar-refractivity contribution < 1.29 is 14.3 Å². The molecule has 0 saturated heterocycles. The number of nitrogens with two attached hydrogens (primary N) is 1. The van der Waals surface area contributed by atoms with Crippen molar-refractivity contribution in [1.82, 2.24) is 0 Å². The molecule has 1 aliphatic carbocycles. The van der Waals surface area contributed by atoms with Crippen molar-refractivity contribution >= 4 is 5.97 Å². The van der Waals surface area contributed by atoms with Crippen LogP contribution >= 0.6 is 0 Å². The van der Waals surface area contributed by atoms with E-state index in [-0.39, 0.29) is 6.42 Å². The Balaban J connectivity index is 2.35.